The summed E-state index contributed by atoms with van der Waals surface area (Å²) < 4.78 is 45.7. The number of amides is 1. The number of rotatable bonds is 5. The molecule has 1 aromatic rings. The van der Waals surface area contributed by atoms with Crippen molar-refractivity contribution in [3.8, 4) is 5.75 Å². The Morgan fingerprint density at radius 1 is 0.963 bits per heavy atom. The molecule has 2 aliphatic heterocycles. The number of carbonyl (C=O) groups is 1. The number of ether oxygens (including phenoxy) is 2. The third kappa shape index (κ3) is 6.37. The van der Waals surface area contributed by atoms with E-state index in [9.17, 15) is 18.0 Å². The molecule has 2 aliphatic rings. The largest absolute Gasteiger partial charge is 0.573 e. The monoisotopic (exact) mass is 387 g/mol. The average Bonchev–Trinajstić information content (AvgIpc) is 2.63. The summed E-state index contributed by atoms with van der Waals surface area (Å²) in [4.78, 5) is 18.6. The van der Waals surface area contributed by atoms with Gasteiger partial charge in [-0.1, -0.05) is 12.1 Å². The maximum Gasteiger partial charge on any atom is 0.573 e. The Balaban J connectivity index is 1.41. The highest BCUT2D eigenvalue weighted by atomic mass is 19.4. The summed E-state index contributed by atoms with van der Waals surface area (Å²) >= 11 is 0. The predicted molar refractivity (Wildman–Crippen MR) is 92.2 cm³/mol. The number of hydrogen-bond donors (Lipinski definition) is 0. The Bertz CT molecular complexity index is 611. The van der Waals surface area contributed by atoms with Crippen molar-refractivity contribution in [2.75, 3.05) is 59.0 Å². The smallest absolute Gasteiger partial charge is 0.406 e. The number of benzene rings is 1. The first-order valence-corrected chi connectivity index (χ1v) is 9.04. The number of piperazine rings is 1. The molecule has 6 nitrogen and oxygen atoms in total. The van der Waals surface area contributed by atoms with Crippen LogP contribution in [0.25, 0.3) is 0 Å². The van der Waals surface area contributed by atoms with E-state index in [1.54, 1.807) is 12.1 Å². The van der Waals surface area contributed by atoms with Crippen molar-refractivity contribution in [3.63, 3.8) is 0 Å². The summed E-state index contributed by atoms with van der Waals surface area (Å²) in [5.74, 6) is -0.0741. The van der Waals surface area contributed by atoms with Crippen LogP contribution in [0.3, 0.4) is 0 Å². The zero-order valence-corrected chi connectivity index (χ0v) is 15.1. The third-order valence-corrected chi connectivity index (χ3v) is 4.75. The Morgan fingerprint density at radius 2 is 1.59 bits per heavy atom. The van der Waals surface area contributed by atoms with Crippen molar-refractivity contribution in [2.45, 2.75) is 12.9 Å². The third-order valence-electron chi connectivity index (χ3n) is 4.75. The van der Waals surface area contributed by atoms with Crippen molar-refractivity contribution >= 4 is 5.91 Å². The first-order valence-electron chi connectivity index (χ1n) is 9.04. The van der Waals surface area contributed by atoms with Gasteiger partial charge < -0.3 is 14.4 Å². The van der Waals surface area contributed by atoms with Gasteiger partial charge in [0.1, 0.15) is 5.75 Å². The molecule has 1 amide bonds. The number of alkyl halides is 3. The van der Waals surface area contributed by atoms with Crippen LogP contribution in [0, 0.1) is 0 Å². The molecule has 2 heterocycles. The van der Waals surface area contributed by atoms with Gasteiger partial charge in [0.15, 0.2) is 0 Å². The van der Waals surface area contributed by atoms with E-state index in [1.807, 2.05) is 4.90 Å². The Morgan fingerprint density at radius 3 is 2.19 bits per heavy atom. The summed E-state index contributed by atoms with van der Waals surface area (Å²) in [6.07, 6.45) is -4.67. The molecule has 150 valence electrons. The van der Waals surface area contributed by atoms with E-state index in [0.29, 0.717) is 39.4 Å². The number of hydrogen-bond acceptors (Lipinski definition) is 5. The fraction of sp³-hybridized carbons (Fsp3) is 0.611. The van der Waals surface area contributed by atoms with Gasteiger partial charge in [-0.25, -0.2) is 0 Å². The molecule has 1 aromatic carbocycles. The fourth-order valence-corrected chi connectivity index (χ4v) is 3.26. The zero-order chi connectivity index (χ0) is 19.3. The Labute approximate surface area is 156 Å². The van der Waals surface area contributed by atoms with Crippen LogP contribution in [0.2, 0.25) is 0 Å². The van der Waals surface area contributed by atoms with E-state index >= 15 is 0 Å². The second kappa shape index (κ2) is 8.90. The minimum atomic E-state index is -4.67. The first kappa shape index (κ1) is 19.9. The molecule has 27 heavy (non-hydrogen) atoms. The maximum atomic E-state index is 12.4. The van der Waals surface area contributed by atoms with Gasteiger partial charge in [-0.05, 0) is 17.7 Å². The highest BCUT2D eigenvalue weighted by Crippen LogP contribution is 2.23. The lowest BCUT2D eigenvalue weighted by atomic mass is 10.2. The molecule has 0 aromatic heterocycles. The number of carbonyl (C=O) groups excluding carboxylic acids is 1. The van der Waals surface area contributed by atoms with Crippen LogP contribution in [0.4, 0.5) is 13.2 Å². The van der Waals surface area contributed by atoms with Crippen molar-refractivity contribution < 1.29 is 27.4 Å². The average molecular weight is 387 g/mol. The molecule has 0 unspecified atom stereocenters. The van der Waals surface area contributed by atoms with Crippen LogP contribution in [-0.4, -0.2) is 86.0 Å². The topological polar surface area (TPSA) is 45.2 Å². The van der Waals surface area contributed by atoms with Gasteiger partial charge in [0.2, 0.25) is 5.91 Å². The SMILES string of the molecule is O=C(CN1CCOCC1)N1CCN(Cc2ccc(OC(F)(F)F)cc2)CC1. The minimum absolute atomic E-state index is 0.144. The van der Waals surface area contributed by atoms with E-state index in [0.717, 1.165) is 31.7 Å². The quantitative estimate of drug-likeness (QED) is 0.768. The van der Waals surface area contributed by atoms with E-state index in [1.165, 1.54) is 12.1 Å². The number of halogens is 3. The lowest BCUT2D eigenvalue weighted by molar-refractivity contribution is -0.274. The van der Waals surface area contributed by atoms with Gasteiger partial charge in [-0.15, -0.1) is 13.2 Å². The van der Waals surface area contributed by atoms with Gasteiger partial charge >= 0.3 is 6.36 Å². The summed E-state index contributed by atoms with van der Waals surface area (Å²) in [7, 11) is 0. The highest BCUT2D eigenvalue weighted by molar-refractivity contribution is 5.78. The summed E-state index contributed by atoms with van der Waals surface area (Å²) in [5.41, 5.74) is 0.914. The number of morpholine rings is 1. The van der Waals surface area contributed by atoms with Crippen LogP contribution in [0.5, 0.6) is 5.75 Å². The van der Waals surface area contributed by atoms with Crippen molar-refractivity contribution in [3.05, 3.63) is 29.8 Å². The van der Waals surface area contributed by atoms with Crippen LogP contribution in [-0.2, 0) is 16.1 Å². The van der Waals surface area contributed by atoms with E-state index in [2.05, 4.69) is 14.5 Å². The fourth-order valence-electron chi connectivity index (χ4n) is 3.26. The van der Waals surface area contributed by atoms with Crippen LogP contribution >= 0.6 is 0 Å². The molecule has 2 fully saturated rings. The van der Waals surface area contributed by atoms with Gasteiger partial charge in [0, 0.05) is 45.8 Å². The Hall–Kier alpha value is -1.84. The Kier molecular flexibility index (Phi) is 6.56. The van der Waals surface area contributed by atoms with E-state index in [-0.39, 0.29) is 11.7 Å². The molecule has 9 heteroatoms. The number of nitrogens with zero attached hydrogens (tertiary/aromatic N) is 3. The van der Waals surface area contributed by atoms with Gasteiger partial charge in [-0.3, -0.25) is 14.6 Å². The molecule has 0 aliphatic carbocycles. The van der Waals surface area contributed by atoms with Crippen LogP contribution in [0.15, 0.2) is 24.3 Å². The predicted octanol–water partition coefficient (Wildman–Crippen LogP) is 1.56. The summed E-state index contributed by atoms with van der Waals surface area (Å²) in [6.45, 7) is 6.82. The standard InChI is InChI=1S/C18H24F3N3O3/c19-18(20,21)27-16-3-1-15(2-4-16)13-22-5-7-24(8-6-22)17(25)14-23-9-11-26-12-10-23/h1-4H,5-14H2. The van der Waals surface area contributed by atoms with E-state index < -0.39 is 6.36 Å². The minimum Gasteiger partial charge on any atom is -0.406 e. The van der Waals surface area contributed by atoms with Gasteiger partial charge in [0.25, 0.3) is 0 Å². The molecule has 0 bridgehead atoms. The molecule has 0 spiro atoms. The first-order chi connectivity index (χ1) is 12.9. The van der Waals surface area contributed by atoms with Crippen LogP contribution < -0.4 is 4.74 Å². The second-order valence-electron chi connectivity index (χ2n) is 6.74. The summed E-state index contributed by atoms with van der Waals surface area (Å²) in [5, 5.41) is 0. The van der Waals surface area contributed by atoms with Crippen molar-refractivity contribution in [1.29, 1.82) is 0 Å². The van der Waals surface area contributed by atoms with Crippen molar-refractivity contribution in [2.24, 2.45) is 0 Å². The van der Waals surface area contributed by atoms with Crippen LogP contribution in [0.1, 0.15) is 5.56 Å². The lowest BCUT2D eigenvalue weighted by Crippen LogP contribution is -2.51. The molecule has 3 rings (SSSR count). The molecular formula is C18H24F3N3O3. The second-order valence-corrected chi connectivity index (χ2v) is 6.74. The normalized spacial score (nSPS) is 19.9. The lowest BCUT2D eigenvalue weighted by Gasteiger charge is -2.36. The van der Waals surface area contributed by atoms with Crippen molar-refractivity contribution in [1.82, 2.24) is 14.7 Å². The zero-order valence-electron chi connectivity index (χ0n) is 15.1. The molecule has 0 saturated carbocycles. The highest BCUT2D eigenvalue weighted by Gasteiger charge is 2.31. The molecular weight excluding hydrogens is 363 g/mol. The molecule has 0 N–H and O–H groups in total. The summed E-state index contributed by atoms with van der Waals surface area (Å²) in [6, 6.07) is 5.92. The maximum absolute atomic E-state index is 12.4. The van der Waals surface area contributed by atoms with Gasteiger partial charge in [0.05, 0.1) is 19.8 Å². The molecule has 2 saturated heterocycles. The van der Waals surface area contributed by atoms with Gasteiger partial charge in [-0.2, -0.15) is 0 Å². The van der Waals surface area contributed by atoms with E-state index in [4.69, 9.17) is 4.74 Å². The molecule has 0 atom stereocenters. The molecule has 0 radical (unpaired) electrons.